The van der Waals surface area contributed by atoms with Gasteiger partial charge < -0.3 is 5.73 Å². The number of unbranched alkanes of at least 4 members (excludes halogenated alkanes) is 29. The van der Waals surface area contributed by atoms with E-state index in [2.05, 4.69) is 0 Å². The molecule has 0 aromatic heterocycles. The lowest BCUT2D eigenvalue weighted by Gasteiger charge is -2.05. The molecule has 0 fully saturated rings. The van der Waals surface area contributed by atoms with Crippen LogP contribution in [0, 0.1) is 0 Å². The minimum atomic E-state index is -1.34. The van der Waals surface area contributed by atoms with E-state index in [4.69, 9.17) is 27.9 Å². The molecule has 36 heavy (non-hydrogen) atoms. The second-order valence-corrected chi connectivity index (χ2v) is 16.8. The normalized spacial score (nSPS) is 11.7. The minimum absolute atomic E-state index is 0.871. The molecule has 0 atom stereocenters. The van der Waals surface area contributed by atoms with Gasteiger partial charge in [-0.1, -0.05) is 186 Å². The molecule has 0 aliphatic rings. The molecule has 0 aromatic carbocycles. The predicted molar refractivity (Wildman–Crippen MR) is 171 cm³/mol. The van der Waals surface area contributed by atoms with E-state index >= 15 is 0 Å². The van der Waals surface area contributed by atoms with Crippen LogP contribution in [0.25, 0.3) is 0 Å². The zero-order valence-electron chi connectivity index (χ0n) is 24.5. The molecule has 0 aliphatic carbocycles. The third-order valence-electron chi connectivity index (χ3n) is 7.88. The van der Waals surface area contributed by atoms with Gasteiger partial charge >= 0.3 is 0 Å². The van der Waals surface area contributed by atoms with Gasteiger partial charge in [0.25, 0.3) is 0 Å². The van der Waals surface area contributed by atoms with Gasteiger partial charge in [0, 0.05) is 0 Å². The summed E-state index contributed by atoms with van der Waals surface area (Å²) < 4.78 is 0. The largest absolute Gasteiger partial charge is 0.330 e. The first-order chi connectivity index (χ1) is 17.8. The van der Waals surface area contributed by atoms with Crippen LogP contribution < -0.4 is 5.73 Å². The van der Waals surface area contributed by atoms with E-state index in [1.54, 1.807) is 0 Å². The first-order valence-corrected chi connectivity index (χ1v) is 21.1. The fourth-order valence-corrected chi connectivity index (χ4v) is 6.92. The van der Waals surface area contributed by atoms with Crippen molar-refractivity contribution in [1.29, 1.82) is 0 Å². The highest BCUT2D eigenvalue weighted by molar-refractivity contribution is 7.33. The van der Waals surface area contributed by atoms with Gasteiger partial charge in [-0.2, -0.15) is 22.2 Å². The van der Waals surface area contributed by atoms with Crippen LogP contribution in [0.4, 0.5) is 0 Å². The van der Waals surface area contributed by atoms with Crippen molar-refractivity contribution in [3.63, 3.8) is 0 Å². The molecule has 0 aliphatic heterocycles. The Hall–Kier alpha value is 0.757. The third-order valence-corrected chi connectivity index (χ3v) is 10.0. The van der Waals surface area contributed by atoms with Gasteiger partial charge in [0.2, 0.25) is 7.42 Å². The number of hydrogen-bond acceptors (Lipinski definition) is 1. The Kier molecular flexibility index (Phi) is 34.5. The molecule has 0 bridgehead atoms. The monoisotopic (exact) mass is 563 g/mol. The summed E-state index contributed by atoms with van der Waals surface area (Å²) in [6.45, 7) is 0.871. The summed E-state index contributed by atoms with van der Waals surface area (Å²) in [5, 5.41) is 0. The molecule has 0 saturated carbocycles. The van der Waals surface area contributed by atoms with E-state index in [1.165, 1.54) is 193 Å². The number of rotatable bonds is 32. The molecule has 0 rings (SSSR count). The standard InChI is InChI=1S/C32H67Cl2NSi/c33-36(34)32-30-28-26-24-22-20-18-16-14-12-10-8-6-4-2-1-3-5-7-9-11-13-15-17-19-21-23-25-27-29-31-35/h36H,1-32,35H2. The Morgan fingerprint density at radius 1 is 0.278 bits per heavy atom. The van der Waals surface area contributed by atoms with Gasteiger partial charge in [0.1, 0.15) is 0 Å². The maximum Gasteiger partial charge on any atom is 0.237 e. The van der Waals surface area contributed by atoms with E-state index < -0.39 is 7.42 Å². The van der Waals surface area contributed by atoms with E-state index in [-0.39, 0.29) is 0 Å². The smallest absolute Gasteiger partial charge is 0.237 e. The fraction of sp³-hybridized carbons (Fsp3) is 1.00. The molecular weight excluding hydrogens is 497 g/mol. The highest BCUT2D eigenvalue weighted by atomic mass is 35.7. The average molecular weight is 565 g/mol. The molecule has 0 heterocycles. The van der Waals surface area contributed by atoms with Crippen molar-refractivity contribution in [1.82, 2.24) is 0 Å². The number of hydrogen-bond donors (Lipinski definition) is 1. The van der Waals surface area contributed by atoms with Gasteiger partial charge in [-0.05, 0) is 19.0 Å². The second kappa shape index (κ2) is 33.8. The van der Waals surface area contributed by atoms with E-state index in [0.29, 0.717) is 0 Å². The molecule has 1 nitrogen and oxygen atoms in total. The Labute approximate surface area is 239 Å². The Balaban J connectivity index is 3.01. The molecule has 0 unspecified atom stereocenters. The van der Waals surface area contributed by atoms with E-state index in [1.807, 2.05) is 0 Å². The minimum Gasteiger partial charge on any atom is -0.330 e. The topological polar surface area (TPSA) is 26.0 Å². The summed E-state index contributed by atoms with van der Waals surface area (Å²) in [4.78, 5) is 0. The summed E-state index contributed by atoms with van der Waals surface area (Å²) >= 11 is 11.8. The van der Waals surface area contributed by atoms with Crippen LogP contribution >= 0.6 is 22.2 Å². The molecule has 0 saturated heterocycles. The SMILES string of the molecule is NCCCCCCCCCCCCCCCCCCCCCCCCCCCCCCCC[SiH](Cl)Cl. The van der Waals surface area contributed by atoms with Crippen molar-refractivity contribution in [2.45, 2.75) is 199 Å². The molecule has 0 radical (unpaired) electrons. The van der Waals surface area contributed by atoms with Crippen LogP contribution in [0.15, 0.2) is 0 Å². The lowest BCUT2D eigenvalue weighted by atomic mass is 10.0. The molecule has 0 aromatic rings. The molecule has 4 heteroatoms. The van der Waals surface area contributed by atoms with Gasteiger partial charge in [0.15, 0.2) is 0 Å². The number of nitrogens with two attached hydrogens (primary N) is 1. The zero-order chi connectivity index (χ0) is 26.2. The van der Waals surface area contributed by atoms with Crippen molar-refractivity contribution in [2.24, 2.45) is 5.73 Å². The summed E-state index contributed by atoms with van der Waals surface area (Å²) in [5.74, 6) is 0. The van der Waals surface area contributed by atoms with Crippen LogP contribution in [-0.2, 0) is 0 Å². The van der Waals surface area contributed by atoms with E-state index in [9.17, 15) is 0 Å². The first kappa shape index (κ1) is 36.8. The van der Waals surface area contributed by atoms with Crippen molar-refractivity contribution in [2.75, 3.05) is 6.54 Å². The first-order valence-electron chi connectivity index (χ1n) is 16.8. The van der Waals surface area contributed by atoms with Crippen LogP contribution in [0.1, 0.15) is 193 Å². The van der Waals surface area contributed by atoms with Crippen LogP contribution in [-0.4, -0.2) is 14.0 Å². The maximum absolute atomic E-state index is 5.90. The van der Waals surface area contributed by atoms with Crippen molar-refractivity contribution >= 4 is 29.6 Å². The highest BCUT2D eigenvalue weighted by Crippen LogP contribution is 2.17. The Bertz CT molecular complexity index is 381. The summed E-state index contributed by atoms with van der Waals surface area (Å²) in [5.41, 5.74) is 5.54. The lowest BCUT2D eigenvalue weighted by molar-refractivity contribution is 0.513. The fourth-order valence-electron chi connectivity index (χ4n) is 5.39. The highest BCUT2D eigenvalue weighted by Gasteiger charge is 2.01. The molecule has 218 valence electrons. The van der Waals surface area contributed by atoms with Gasteiger partial charge in [-0.15, -0.1) is 0 Å². The van der Waals surface area contributed by atoms with Crippen molar-refractivity contribution in [3.8, 4) is 0 Å². The second-order valence-electron chi connectivity index (χ2n) is 11.6. The van der Waals surface area contributed by atoms with Crippen molar-refractivity contribution in [3.05, 3.63) is 0 Å². The van der Waals surface area contributed by atoms with Gasteiger partial charge in [-0.3, -0.25) is 0 Å². The zero-order valence-corrected chi connectivity index (χ0v) is 27.2. The molecular formula is C32H67Cl2NSi. The van der Waals surface area contributed by atoms with E-state index in [0.717, 1.165) is 12.6 Å². The van der Waals surface area contributed by atoms with Gasteiger partial charge in [-0.25, -0.2) is 0 Å². The summed E-state index contributed by atoms with van der Waals surface area (Å²) in [6.07, 6.45) is 43.0. The maximum atomic E-state index is 5.90. The third kappa shape index (κ3) is 34.8. The predicted octanol–water partition coefficient (Wildman–Crippen LogP) is 12.3. The lowest BCUT2D eigenvalue weighted by Crippen LogP contribution is -1.97. The average Bonchev–Trinajstić information content (AvgIpc) is 2.87. The van der Waals surface area contributed by atoms with Crippen molar-refractivity contribution < 1.29 is 0 Å². The van der Waals surface area contributed by atoms with Crippen LogP contribution in [0.3, 0.4) is 0 Å². The quantitative estimate of drug-likeness (QED) is 0.0491. The molecule has 0 amide bonds. The number of halogens is 2. The Morgan fingerprint density at radius 2 is 0.444 bits per heavy atom. The Morgan fingerprint density at radius 3 is 0.611 bits per heavy atom. The summed E-state index contributed by atoms with van der Waals surface area (Å²) in [6, 6.07) is 1.10. The van der Waals surface area contributed by atoms with Gasteiger partial charge in [0.05, 0.1) is 0 Å². The molecule has 2 N–H and O–H groups in total. The summed E-state index contributed by atoms with van der Waals surface area (Å²) in [7, 11) is -1.34. The van der Waals surface area contributed by atoms with Crippen LogP contribution in [0.5, 0.6) is 0 Å². The van der Waals surface area contributed by atoms with Crippen LogP contribution in [0.2, 0.25) is 6.04 Å². The molecule has 0 spiro atoms.